The van der Waals surface area contributed by atoms with Crippen LogP contribution in [0.5, 0.6) is 0 Å². The Balaban J connectivity index is 1.39. The molecular formula is C19H24N4O4S2. The minimum atomic E-state index is -3.59. The zero-order chi connectivity index (χ0) is 20.3. The Hall–Kier alpha value is -2.04. The van der Waals surface area contributed by atoms with Crippen LogP contribution < -0.4 is 4.72 Å². The van der Waals surface area contributed by atoms with Crippen LogP contribution in [0.1, 0.15) is 55.6 Å². The molecule has 2 aliphatic rings. The highest BCUT2D eigenvalue weighted by atomic mass is 32.2. The van der Waals surface area contributed by atoms with Gasteiger partial charge in [0.1, 0.15) is 4.21 Å². The molecule has 0 bridgehead atoms. The van der Waals surface area contributed by atoms with Crippen molar-refractivity contribution in [1.29, 1.82) is 0 Å². The summed E-state index contributed by atoms with van der Waals surface area (Å²) in [6, 6.07) is 1.52. The smallest absolute Gasteiger partial charge is 0.316 e. The van der Waals surface area contributed by atoms with E-state index in [0.29, 0.717) is 25.2 Å². The lowest BCUT2D eigenvalue weighted by Gasteiger charge is -2.12. The van der Waals surface area contributed by atoms with E-state index in [-0.39, 0.29) is 21.8 Å². The highest BCUT2D eigenvalue weighted by Crippen LogP contribution is 2.27. The molecule has 10 heteroatoms. The van der Waals surface area contributed by atoms with Crippen LogP contribution in [-0.2, 0) is 10.0 Å². The van der Waals surface area contributed by atoms with Gasteiger partial charge in [0, 0.05) is 30.6 Å². The molecule has 0 saturated carbocycles. The standard InChI is InChI=1S/C19H24N4O4S2/c24-19(23-10-4-5-11-23)18-21-17(22-27-18)15-12-16(28-13-15)29(25,26)20-9-8-14-6-2-1-3-7-14/h6,12-13,20H,1-5,7-11H2. The van der Waals surface area contributed by atoms with Crippen LogP contribution in [0.2, 0.25) is 0 Å². The van der Waals surface area contributed by atoms with E-state index in [1.165, 1.54) is 24.5 Å². The summed E-state index contributed by atoms with van der Waals surface area (Å²) < 4.78 is 33.1. The summed E-state index contributed by atoms with van der Waals surface area (Å²) in [6.45, 7) is 1.78. The minimum Gasteiger partial charge on any atom is -0.334 e. The van der Waals surface area contributed by atoms with Crippen LogP contribution in [0.4, 0.5) is 0 Å². The van der Waals surface area contributed by atoms with E-state index in [2.05, 4.69) is 20.9 Å². The van der Waals surface area contributed by atoms with Crippen molar-refractivity contribution >= 4 is 27.3 Å². The molecule has 1 fully saturated rings. The number of thiophene rings is 1. The van der Waals surface area contributed by atoms with E-state index in [1.807, 2.05) is 0 Å². The Kier molecular flexibility index (Phi) is 6.12. The first-order chi connectivity index (χ1) is 14.0. The zero-order valence-electron chi connectivity index (χ0n) is 16.1. The molecule has 29 heavy (non-hydrogen) atoms. The Labute approximate surface area is 174 Å². The van der Waals surface area contributed by atoms with Crippen molar-refractivity contribution in [2.75, 3.05) is 19.6 Å². The summed E-state index contributed by atoms with van der Waals surface area (Å²) >= 11 is 1.10. The van der Waals surface area contributed by atoms with Gasteiger partial charge in [-0.1, -0.05) is 16.8 Å². The third kappa shape index (κ3) is 4.76. The molecule has 4 rings (SSSR count). The minimum absolute atomic E-state index is 0.0589. The van der Waals surface area contributed by atoms with Gasteiger partial charge in [-0.05, 0) is 51.0 Å². The molecule has 156 valence electrons. The van der Waals surface area contributed by atoms with Gasteiger partial charge in [-0.2, -0.15) is 4.98 Å². The predicted molar refractivity (Wildman–Crippen MR) is 109 cm³/mol. The van der Waals surface area contributed by atoms with Crippen molar-refractivity contribution in [2.24, 2.45) is 0 Å². The Morgan fingerprint density at radius 1 is 1.24 bits per heavy atom. The van der Waals surface area contributed by atoms with E-state index in [9.17, 15) is 13.2 Å². The molecule has 2 aromatic heterocycles. The van der Waals surface area contributed by atoms with Crippen molar-refractivity contribution in [3.8, 4) is 11.4 Å². The molecule has 0 radical (unpaired) electrons. The second kappa shape index (κ2) is 8.76. The van der Waals surface area contributed by atoms with Gasteiger partial charge in [-0.3, -0.25) is 4.79 Å². The normalized spacial score (nSPS) is 17.5. The zero-order valence-corrected chi connectivity index (χ0v) is 17.7. The number of carbonyl (C=O) groups is 1. The van der Waals surface area contributed by atoms with Crippen LogP contribution >= 0.6 is 11.3 Å². The number of nitrogens with zero attached hydrogens (tertiary/aromatic N) is 3. The van der Waals surface area contributed by atoms with Crippen molar-refractivity contribution in [3.63, 3.8) is 0 Å². The van der Waals surface area contributed by atoms with E-state index >= 15 is 0 Å². The molecule has 0 unspecified atom stereocenters. The summed E-state index contributed by atoms with van der Waals surface area (Å²) in [5.41, 5.74) is 1.85. The van der Waals surface area contributed by atoms with E-state index in [4.69, 9.17) is 4.52 Å². The number of hydrogen-bond donors (Lipinski definition) is 1. The SMILES string of the molecule is O=C(c1nc(-c2csc(S(=O)(=O)NCCC3=CCCCC3)c2)no1)N1CCCC1. The molecular weight excluding hydrogens is 412 g/mol. The Morgan fingerprint density at radius 2 is 2.07 bits per heavy atom. The maximum Gasteiger partial charge on any atom is 0.316 e. The highest BCUT2D eigenvalue weighted by Gasteiger charge is 2.26. The molecule has 2 aromatic rings. The fourth-order valence-corrected chi connectivity index (χ4v) is 5.84. The third-order valence-electron chi connectivity index (χ3n) is 5.22. The molecule has 1 aliphatic carbocycles. The predicted octanol–water partition coefficient (Wildman–Crippen LogP) is 3.20. The number of sulfonamides is 1. The average molecular weight is 437 g/mol. The second-order valence-electron chi connectivity index (χ2n) is 7.33. The molecule has 0 atom stereocenters. The molecule has 1 saturated heterocycles. The number of allylic oxidation sites excluding steroid dienone is 1. The first-order valence-corrected chi connectivity index (χ1v) is 12.3. The molecule has 1 amide bonds. The molecule has 8 nitrogen and oxygen atoms in total. The maximum absolute atomic E-state index is 12.6. The molecule has 0 aromatic carbocycles. The lowest BCUT2D eigenvalue weighted by molar-refractivity contribution is 0.0743. The van der Waals surface area contributed by atoms with Gasteiger partial charge in [0.2, 0.25) is 15.8 Å². The number of likely N-dealkylation sites (tertiary alicyclic amines) is 1. The number of carbonyl (C=O) groups excluding carboxylic acids is 1. The van der Waals surface area contributed by atoms with Gasteiger partial charge >= 0.3 is 11.8 Å². The fraction of sp³-hybridized carbons (Fsp3) is 0.526. The number of rotatable bonds is 7. The van der Waals surface area contributed by atoms with Crippen LogP contribution in [0.3, 0.4) is 0 Å². The van der Waals surface area contributed by atoms with Crippen molar-refractivity contribution in [2.45, 2.75) is 49.2 Å². The van der Waals surface area contributed by atoms with E-state index in [0.717, 1.165) is 43.4 Å². The first-order valence-electron chi connectivity index (χ1n) is 9.92. The molecule has 1 aliphatic heterocycles. The summed E-state index contributed by atoms with van der Waals surface area (Å²) in [4.78, 5) is 18.2. The van der Waals surface area contributed by atoms with Gasteiger partial charge in [0.15, 0.2) is 0 Å². The van der Waals surface area contributed by atoms with E-state index < -0.39 is 10.0 Å². The van der Waals surface area contributed by atoms with Gasteiger partial charge in [-0.15, -0.1) is 11.3 Å². The molecule has 1 N–H and O–H groups in total. The summed E-state index contributed by atoms with van der Waals surface area (Å²) in [6.07, 6.45) is 9.45. The number of amides is 1. The third-order valence-corrected chi connectivity index (χ3v) is 8.12. The largest absolute Gasteiger partial charge is 0.334 e. The quantitative estimate of drug-likeness (QED) is 0.668. The lowest BCUT2D eigenvalue weighted by atomic mass is 9.97. The summed E-state index contributed by atoms with van der Waals surface area (Å²) in [7, 11) is -3.59. The van der Waals surface area contributed by atoms with Crippen LogP contribution in [0, 0.1) is 0 Å². The second-order valence-corrected chi connectivity index (χ2v) is 10.2. The lowest BCUT2D eigenvalue weighted by Crippen LogP contribution is -2.27. The Bertz CT molecular complexity index is 1000. The Morgan fingerprint density at radius 3 is 2.83 bits per heavy atom. The highest BCUT2D eigenvalue weighted by molar-refractivity contribution is 7.91. The monoisotopic (exact) mass is 436 g/mol. The fourth-order valence-electron chi connectivity index (χ4n) is 3.61. The van der Waals surface area contributed by atoms with Crippen LogP contribution in [0.25, 0.3) is 11.4 Å². The van der Waals surface area contributed by atoms with Crippen LogP contribution in [0.15, 0.2) is 31.8 Å². The van der Waals surface area contributed by atoms with Crippen molar-refractivity contribution < 1.29 is 17.7 Å². The van der Waals surface area contributed by atoms with Crippen molar-refractivity contribution in [1.82, 2.24) is 19.8 Å². The molecule has 0 spiro atoms. The van der Waals surface area contributed by atoms with Gasteiger partial charge in [-0.25, -0.2) is 13.1 Å². The maximum atomic E-state index is 12.6. The number of aromatic nitrogens is 2. The van der Waals surface area contributed by atoms with Crippen LogP contribution in [-0.4, -0.2) is 49.0 Å². The number of hydrogen-bond acceptors (Lipinski definition) is 7. The van der Waals surface area contributed by atoms with E-state index in [1.54, 1.807) is 10.3 Å². The molecule has 3 heterocycles. The average Bonchev–Trinajstić information content (AvgIpc) is 3.49. The van der Waals surface area contributed by atoms with Gasteiger partial charge in [0.05, 0.1) is 0 Å². The van der Waals surface area contributed by atoms with Gasteiger partial charge in [0.25, 0.3) is 0 Å². The summed E-state index contributed by atoms with van der Waals surface area (Å²) in [5.74, 6) is -0.114. The number of nitrogens with one attached hydrogen (secondary N) is 1. The topological polar surface area (TPSA) is 105 Å². The van der Waals surface area contributed by atoms with Gasteiger partial charge < -0.3 is 9.42 Å². The summed E-state index contributed by atoms with van der Waals surface area (Å²) in [5, 5.41) is 5.51. The first kappa shape index (κ1) is 20.2. The van der Waals surface area contributed by atoms with Crippen molar-refractivity contribution in [3.05, 3.63) is 29.0 Å².